The molecule has 150 valence electrons. The Morgan fingerprint density at radius 3 is 2.57 bits per heavy atom. The number of pyridine rings is 2. The largest absolute Gasteiger partial charge is 0.356 e. The number of piperazine rings is 1. The number of likely N-dealkylation sites (N-methyl/N-ethyl adjacent to an activating group) is 1. The fraction of sp³-hybridized carbons (Fsp3) is 0.273. The van der Waals surface area contributed by atoms with Gasteiger partial charge in [-0.05, 0) is 32.2 Å². The lowest BCUT2D eigenvalue weighted by Gasteiger charge is -2.33. The van der Waals surface area contributed by atoms with Crippen molar-refractivity contribution in [2.24, 2.45) is 0 Å². The van der Waals surface area contributed by atoms with Crippen LogP contribution in [0, 0.1) is 18.3 Å². The zero-order valence-corrected chi connectivity index (χ0v) is 16.9. The van der Waals surface area contributed by atoms with E-state index < -0.39 is 0 Å². The molecule has 1 aliphatic rings. The lowest BCUT2D eigenvalue weighted by molar-refractivity contribution is 0.312. The SMILES string of the molecule is Cc1cc(-c2cc(-c3ccc(N4CCN(C)CC4)nc3)c3c(C#N)cnn3c2)on1. The molecule has 4 aromatic heterocycles. The van der Waals surface area contributed by atoms with Crippen LogP contribution in [0.4, 0.5) is 5.82 Å². The number of aryl methyl sites for hydroxylation is 1. The van der Waals surface area contributed by atoms with Gasteiger partial charge in [0.1, 0.15) is 11.9 Å². The van der Waals surface area contributed by atoms with Crippen molar-refractivity contribution in [3.8, 4) is 28.5 Å². The van der Waals surface area contributed by atoms with Gasteiger partial charge in [0.2, 0.25) is 0 Å². The smallest absolute Gasteiger partial charge is 0.168 e. The predicted octanol–water partition coefficient (Wildman–Crippen LogP) is 2.98. The number of aromatic nitrogens is 4. The molecule has 1 saturated heterocycles. The fourth-order valence-corrected chi connectivity index (χ4v) is 3.83. The van der Waals surface area contributed by atoms with Crippen LogP contribution < -0.4 is 4.90 Å². The van der Waals surface area contributed by atoms with Gasteiger partial charge in [0.05, 0.1) is 23.0 Å². The fourth-order valence-electron chi connectivity index (χ4n) is 3.83. The van der Waals surface area contributed by atoms with Crippen LogP contribution in [0.5, 0.6) is 0 Å². The highest BCUT2D eigenvalue weighted by Crippen LogP contribution is 2.32. The van der Waals surface area contributed by atoms with Gasteiger partial charge in [-0.3, -0.25) is 0 Å². The van der Waals surface area contributed by atoms with E-state index in [1.54, 1.807) is 10.7 Å². The van der Waals surface area contributed by atoms with E-state index in [1.807, 2.05) is 37.5 Å². The lowest BCUT2D eigenvalue weighted by atomic mass is 10.0. The van der Waals surface area contributed by atoms with Gasteiger partial charge in [0.25, 0.3) is 0 Å². The number of hydrogen-bond acceptors (Lipinski definition) is 7. The van der Waals surface area contributed by atoms with E-state index in [0.29, 0.717) is 11.3 Å². The van der Waals surface area contributed by atoms with E-state index in [1.165, 1.54) is 0 Å². The molecule has 0 aliphatic carbocycles. The van der Waals surface area contributed by atoms with Crippen molar-refractivity contribution in [2.45, 2.75) is 6.92 Å². The van der Waals surface area contributed by atoms with Gasteiger partial charge < -0.3 is 14.3 Å². The van der Waals surface area contributed by atoms with Crippen molar-refractivity contribution in [1.29, 1.82) is 5.26 Å². The van der Waals surface area contributed by atoms with Crippen LogP contribution in [-0.4, -0.2) is 57.9 Å². The molecule has 0 radical (unpaired) electrons. The topological polar surface area (TPSA) is 86.5 Å². The first-order chi connectivity index (χ1) is 14.6. The molecule has 5 heterocycles. The second kappa shape index (κ2) is 7.28. The Balaban J connectivity index is 1.58. The maximum atomic E-state index is 9.56. The summed E-state index contributed by atoms with van der Waals surface area (Å²) in [7, 11) is 2.14. The van der Waals surface area contributed by atoms with Crippen LogP contribution in [-0.2, 0) is 0 Å². The molecule has 0 amide bonds. The molecule has 1 aliphatic heterocycles. The second-order valence-electron chi connectivity index (χ2n) is 7.63. The molecule has 30 heavy (non-hydrogen) atoms. The third-order valence-corrected chi connectivity index (χ3v) is 5.53. The van der Waals surface area contributed by atoms with Crippen LogP contribution in [0.1, 0.15) is 11.3 Å². The van der Waals surface area contributed by atoms with Gasteiger partial charge in [-0.25, -0.2) is 9.50 Å². The minimum Gasteiger partial charge on any atom is -0.356 e. The van der Waals surface area contributed by atoms with E-state index >= 15 is 0 Å². The van der Waals surface area contributed by atoms with E-state index in [4.69, 9.17) is 9.51 Å². The highest BCUT2D eigenvalue weighted by Gasteiger charge is 2.18. The lowest BCUT2D eigenvalue weighted by Crippen LogP contribution is -2.44. The minimum absolute atomic E-state index is 0.522. The van der Waals surface area contributed by atoms with Crippen molar-refractivity contribution in [3.05, 3.63) is 54.1 Å². The summed E-state index contributed by atoms with van der Waals surface area (Å²) < 4.78 is 7.17. The van der Waals surface area contributed by atoms with Crippen molar-refractivity contribution >= 4 is 11.3 Å². The molecular formula is C22H21N7O. The number of nitriles is 1. The molecule has 0 saturated carbocycles. The number of fused-ring (bicyclic) bond motifs is 1. The summed E-state index contributed by atoms with van der Waals surface area (Å²) in [6.07, 6.45) is 5.30. The van der Waals surface area contributed by atoms with Crippen LogP contribution in [0.2, 0.25) is 0 Å². The Labute approximate surface area is 173 Å². The van der Waals surface area contributed by atoms with Gasteiger partial charge in [-0.2, -0.15) is 10.4 Å². The van der Waals surface area contributed by atoms with Crippen LogP contribution in [0.25, 0.3) is 28.0 Å². The first-order valence-corrected chi connectivity index (χ1v) is 9.87. The normalized spacial score (nSPS) is 14.9. The van der Waals surface area contributed by atoms with Crippen LogP contribution >= 0.6 is 0 Å². The Morgan fingerprint density at radius 2 is 1.90 bits per heavy atom. The molecule has 5 rings (SSSR count). The minimum atomic E-state index is 0.522. The first-order valence-electron chi connectivity index (χ1n) is 9.87. The molecular weight excluding hydrogens is 378 g/mol. The Hall–Kier alpha value is -3.70. The summed E-state index contributed by atoms with van der Waals surface area (Å²) in [5, 5.41) is 17.9. The zero-order valence-electron chi connectivity index (χ0n) is 16.9. The molecule has 0 unspecified atom stereocenters. The summed E-state index contributed by atoms with van der Waals surface area (Å²) in [5.41, 5.74) is 4.73. The Kier molecular flexibility index (Phi) is 4.45. The summed E-state index contributed by atoms with van der Waals surface area (Å²) in [6, 6.07) is 10.2. The molecule has 8 heteroatoms. The Bertz CT molecular complexity index is 1240. The Morgan fingerprint density at radius 1 is 1.07 bits per heavy atom. The predicted molar refractivity (Wildman–Crippen MR) is 113 cm³/mol. The average Bonchev–Trinajstić information content (AvgIpc) is 3.40. The van der Waals surface area contributed by atoms with Crippen LogP contribution in [0.15, 0.2) is 47.4 Å². The zero-order chi connectivity index (χ0) is 20.7. The standard InChI is InChI=1S/C22H21N7O/c1-15-9-20(30-26-15)17-10-19(22-18(11-23)13-25-29(22)14-17)16-3-4-21(24-12-16)28-7-5-27(2)6-8-28/h3-4,9-10,12-14H,5-8H2,1-2H3. The number of rotatable bonds is 3. The number of anilines is 1. The van der Waals surface area contributed by atoms with Gasteiger partial charge >= 0.3 is 0 Å². The number of hydrogen-bond donors (Lipinski definition) is 0. The van der Waals surface area contributed by atoms with Crippen molar-refractivity contribution in [1.82, 2.24) is 24.7 Å². The molecule has 0 N–H and O–H groups in total. The monoisotopic (exact) mass is 399 g/mol. The number of nitrogens with zero attached hydrogens (tertiary/aromatic N) is 7. The van der Waals surface area contributed by atoms with E-state index in [9.17, 15) is 5.26 Å². The average molecular weight is 399 g/mol. The summed E-state index contributed by atoms with van der Waals surface area (Å²) >= 11 is 0. The molecule has 0 aromatic carbocycles. The van der Waals surface area contributed by atoms with Gasteiger partial charge in [-0.1, -0.05) is 5.16 Å². The van der Waals surface area contributed by atoms with Gasteiger partial charge in [0, 0.05) is 61.3 Å². The second-order valence-corrected chi connectivity index (χ2v) is 7.63. The van der Waals surface area contributed by atoms with Crippen molar-refractivity contribution in [2.75, 3.05) is 38.1 Å². The summed E-state index contributed by atoms with van der Waals surface area (Å²) in [6.45, 7) is 5.88. The highest BCUT2D eigenvalue weighted by atomic mass is 16.5. The molecule has 8 nitrogen and oxygen atoms in total. The maximum absolute atomic E-state index is 9.56. The first kappa shape index (κ1) is 18.3. The molecule has 4 aromatic rings. The maximum Gasteiger partial charge on any atom is 0.168 e. The van der Waals surface area contributed by atoms with Crippen molar-refractivity contribution in [3.63, 3.8) is 0 Å². The third kappa shape index (κ3) is 3.19. The molecule has 0 spiro atoms. The quantitative estimate of drug-likeness (QED) is 0.523. The van der Waals surface area contributed by atoms with E-state index in [2.05, 4.69) is 39.2 Å². The van der Waals surface area contributed by atoms with Crippen LogP contribution in [0.3, 0.4) is 0 Å². The van der Waals surface area contributed by atoms with E-state index in [0.717, 1.165) is 59.9 Å². The van der Waals surface area contributed by atoms with Gasteiger partial charge in [-0.15, -0.1) is 0 Å². The van der Waals surface area contributed by atoms with Gasteiger partial charge in [0.15, 0.2) is 5.76 Å². The van der Waals surface area contributed by atoms with E-state index in [-0.39, 0.29) is 0 Å². The third-order valence-electron chi connectivity index (χ3n) is 5.53. The summed E-state index contributed by atoms with van der Waals surface area (Å²) in [5.74, 6) is 1.63. The van der Waals surface area contributed by atoms with Crippen molar-refractivity contribution < 1.29 is 4.52 Å². The molecule has 1 fully saturated rings. The molecule has 0 atom stereocenters. The highest BCUT2D eigenvalue weighted by molar-refractivity contribution is 5.87. The summed E-state index contributed by atoms with van der Waals surface area (Å²) in [4.78, 5) is 9.34. The molecule has 0 bridgehead atoms.